The van der Waals surface area contributed by atoms with E-state index in [1.807, 2.05) is 66.7 Å². The van der Waals surface area contributed by atoms with Crippen molar-refractivity contribution < 1.29 is 13.2 Å². The zero-order valence-corrected chi connectivity index (χ0v) is 25.1. The first-order chi connectivity index (χ1) is 18.3. The van der Waals surface area contributed by atoms with Gasteiger partial charge in [-0.05, 0) is 53.9 Å². The van der Waals surface area contributed by atoms with E-state index in [1.165, 1.54) is 4.31 Å². The molecule has 11 heteroatoms. The molecule has 0 amide bonds. The topological polar surface area (TPSA) is 84.7 Å². The molecule has 4 rings (SSSR count). The number of hydrogen-bond acceptors (Lipinski definition) is 6. The van der Waals surface area contributed by atoms with Crippen LogP contribution in [0.25, 0.3) is 10.9 Å². The van der Waals surface area contributed by atoms with Gasteiger partial charge in [-0.15, -0.1) is 24.8 Å². The number of rotatable bonds is 13. The van der Waals surface area contributed by atoms with Gasteiger partial charge >= 0.3 is 0 Å². The van der Waals surface area contributed by atoms with Crippen LogP contribution < -0.4 is 10.3 Å². The van der Waals surface area contributed by atoms with E-state index in [9.17, 15) is 13.2 Å². The Labute approximate surface area is 248 Å². The summed E-state index contributed by atoms with van der Waals surface area (Å²) in [5.74, 6) is 0.742. The van der Waals surface area contributed by atoms with Crippen molar-refractivity contribution in [1.29, 1.82) is 0 Å². The largest absolute Gasteiger partial charge is 0.494 e. The van der Waals surface area contributed by atoms with E-state index < -0.39 is 10.0 Å². The average Bonchev–Trinajstić information content (AvgIpc) is 2.92. The smallest absolute Gasteiger partial charge is 0.250 e. The molecule has 2 heterocycles. The Kier molecular flexibility index (Phi) is 13.1. The Balaban J connectivity index is 0.00000280. The van der Waals surface area contributed by atoms with Gasteiger partial charge in [-0.25, -0.2) is 12.7 Å². The molecule has 8 nitrogen and oxygen atoms in total. The minimum absolute atomic E-state index is 0. The molecule has 0 unspecified atom stereocenters. The van der Waals surface area contributed by atoms with Crippen molar-refractivity contribution >= 4 is 45.7 Å². The Morgan fingerprint density at radius 1 is 0.875 bits per heavy atom. The number of fused-ring (bicyclic) bond motifs is 1. The van der Waals surface area contributed by atoms with E-state index in [1.54, 1.807) is 37.1 Å². The van der Waals surface area contributed by atoms with Crippen LogP contribution in [0, 0.1) is 0 Å². The van der Waals surface area contributed by atoms with Gasteiger partial charge in [-0.2, -0.15) is 0 Å². The van der Waals surface area contributed by atoms with Crippen molar-refractivity contribution in [1.82, 2.24) is 18.8 Å². The predicted molar refractivity (Wildman–Crippen MR) is 165 cm³/mol. The van der Waals surface area contributed by atoms with Crippen molar-refractivity contribution in [3.05, 3.63) is 107 Å². The number of aryl methyl sites for hydroxylation is 1. The number of benzene rings is 2. The number of ether oxygens (including phenoxy) is 1. The molecule has 40 heavy (non-hydrogen) atoms. The van der Waals surface area contributed by atoms with Crippen LogP contribution in [0.1, 0.15) is 17.5 Å². The van der Waals surface area contributed by atoms with E-state index in [0.29, 0.717) is 26.2 Å². The molecule has 2 aromatic heterocycles. The van der Waals surface area contributed by atoms with Gasteiger partial charge < -0.3 is 9.30 Å². The van der Waals surface area contributed by atoms with Crippen LogP contribution in [0.3, 0.4) is 0 Å². The van der Waals surface area contributed by atoms with E-state index in [2.05, 4.69) is 9.88 Å². The van der Waals surface area contributed by atoms with Gasteiger partial charge in [0, 0.05) is 64.1 Å². The second-order valence-corrected chi connectivity index (χ2v) is 11.4. The molecule has 0 N–H and O–H groups in total. The number of halogens is 2. The van der Waals surface area contributed by atoms with Crippen LogP contribution in [0.15, 0.2) is 90.0 Å². The molecule has 0 fully saturated rings. The monoisotopic (exact) mass is 606 g/mol. The Morgan fingerprint density at radius 2 is 1.60 bits per heavy atom. The van der Waals surface area contributed by atoms with Crippen LogP contribution in [-0.2, 0) is 29.4 Å². The minimum Gasteiger partial charge on any atom is -0.494 e. The lowest BCUT2D eigenvalue weighted by Crippen LogP contribution is -2.37. The molecule has 0 bridgehead atoms. The molecular formula is C29H36Cl2N4O4S. The van der Waals surface area contributed by atoms with E-state index in [-0.39, 0.29) is 36.1 Å². The second-order valence-electron chi connectivity index (χ2n) is 9.35. The number of sulfonamides is 1. The molecule has 4 aromatic rings. The normalized spacial score (nSPS) is 11.3. The number of aromatic nitrogens is 2. The van der Waals surface area contributed by atoms with Crippen molar-refractivity contribution in [3.63, 3.8) is 0 Å². The van der Waals surface area contributed by atoms with E-state index in [4.69, 9.17) is 4.74 Å². The lowest BCUT2D eigenvalue weighted by atomic mass is 10.2. The highest BCUT2D eigenvalue weighted by molar-refractivity contribution is 7.88. The fourth-order valence-electron chi connectivity index (χ4n) is 4.26. The zero-order valence-electron chi connectivity index (χ0n) is 22.7. The second kappa shape index (κ2) is 15.7. The van der Waals surface area contributed by atoms with Gasteiger partial charge in [0.15, 0.2) is 0 Å². The van der Waals surface area contributed by atoms with Gasteiger partial charge in [0.1, 0.15) is 5.75 Å². The predicted octanol–water partition coefficient (Wildman–Crippen LogP) is 4.51. The van der Waals surface area contributed by atoms with Gasteiger partial charge in [-0.1, -0.05) is 30.3 Å². The third-order valence-corrected chi connectivity index (χ3v) is 8.37. The molecular weight excluding hydrogens is 571 g/mol. The molecule has 0 aliphatic rings. The van der Waals surface area contributed by atoms with Crippen molar-refractivity contribution in [2.45, 2.75) is 18.7 Å². The summed E-state index contributed by atoms with van der Waals surface area (Å²) in [4.78, 5) is 18.2. The zero-order chi connectivity index (χ0) is 27.0. The first-order valence-electron chi connectivity index (χ1n) is 12.6. The molecule has 0 saturated carbocycles. The number of hydrogen-bond donors (Lipinski definition) is 0. The lowest BCUT2D eigenvalue weighted by molar-refractivity contribution is 0.219. The van der Waals surface area contributed by atoms with Gasteiger partial charge in [0.05, 0.1) is 17.9 Å². The molecule has 216 valence electrons. The maximum atomic E-state index is 12.9. The molecule has 2 aromatic carbocycles. The first-order valence-corrected chi connectivity index (χ1v) is 14.2. The van der Waals surface area contributed by atoms with Crippen molar-refractivity contribution in [2.24, 2.45) is 7.05 Å². The van der Waals surface area contributed by atoms with Gasteiger partial charge in [-0.3, -0.25) is 14.7 Å². The molecule has 0 aliphatic heterocycles. The third kappa shape index (κ3) is 9.31. The summed E-state index contributed by atoms with van der Waals surface area (Å²) in [7, 11) is -0.0189. The number of nitrogens with zero attached hydrogens (tertiary/aromatic N) is 4. The highest BCUT2D eigenvalue weighted by atomic mass is 35.5. The summed E-state index contributed by atoms with van der Waals surface area (Å²) < 4.78 is 34.8. The summed E-state index contributed by atoms with van der Waals surface area (Å²) in [6.45, 7) is 2.95. The van der Waals surface area contributed by atoms with Crippen LogP contribution in [0.5, 0.6) is 5.75 Å². The third-order valence-electron chi connectivity index (χ3n) is 6.54. The summed E-state index contributed by atoms with van der Waals surface area (Å²) in [6, 6.07) is 22.3. The van der Waals surface area contributed by atoms with E-state index >= 15 is 0 Å². The minimum atomic E-state index is -3.42. The molecule has 0 atom stereocenters. The lowest BCUT2D eigenvalue weighted by Gasteiger charge is -2.25. The SMILES string of the molecule is CN(CCN(CCCOc1ccc2c(ccc(=O)n2C)c1)Cc1ccncc1)S(=O)(=O)Cc1ccccc1.Cl.Cl. The highest BCUT2D eigenvalue weighted by Gasteiger charge is 2.19. The summed E-state index contributed by atoms with van der Waals surface area (Å²) in [5, 5.41) is 0.948. The highest BCUT2D eigenvalue weighted by Crippen LogP contribution is 2.19. The summed E-state index contributed by atoms with van der Waals surface area (Å²) in [6.07, 6.45) is 4.31. The van der Waals surface area contributed by atoms with Crippen molar-refractivity contribution in [2.75, 3.05) is 33.3 Å². The standard InChI is InChI=1S/C29H34N4O4S.2ClH/c1-31(38(35,36)23-25-7-4-3-5-8-25)18-19-33(22-24-13-15-30-16-14-24)17-6-20-37-27-10-11-28-26(21-27)9-12-29(34)32(28)2;;/h3-5,7-16,21H,6,17-20,22-23H2,1-2H3;2*1H. The van der Waals surface area contributed by atoms with Crippen molar-refractivity contribution in [3.8, 4) is 5.75 Å². The maximum Gasteiger partial charge on any atom is 0.250 e. The Bertz CT molecular complexity index is 1500. The van der Waals surface area contributed by atoms with Gasteiger partial charge in [0.2, 0.25) is 10.0 Å². The molecule has 0 saturated heterocycles. The maximum absolute atomic E-state index is 12.9. The summed E-state index contributed by atoms with van der Waals surface area (Å²) >= 11 is 0. The van der Waals surface area contributed by atoms with Crippen LogP contribution >= 0.6 is 24.8 Å². The first kappa shape index (κ1) is 33.3. The van der Waals surface area contributed by atoms with Crippen LogP contribution in [-0.4, -0.2) is 60.5 Å². The quantitative estimate of drug-likeness (QED) is 0.208. The molecule has 0 radical (unpaired) electrons. The Hall–Kier alpha value is -2.95. The van der Waals surface area contributed by atoms with Crippen LogP contribution in [0.2, 0.25) is 0 Å². The number of likely N-dealkylation sites (N-methyl/N-ethyl adjacent to an activating group) is 1. The van der Waals surface area contributed by atoms with E-state index in [0.717, 1.165) is 40.7 Å². The average molecular weight is 608 g/mol. The van der Waals surface area contributed by atoms with Crippen LogP contribution in [0.4, 0.5) is 0 Å². The molecule has 0 spiro atoms. The number of pyridine rings is 2. The van der Waals surface area contributed by atoms with Gasteiger partial charge in [0.25, 0.3) is 5.56 Å². The summed E-state index contributed by atoms with van der Waals surface area (Å²) in [5.41, 5.74) is 2.72. The Morgan fingerprint density at radius 3 is 2.33 bits per heavy atom. The fraction of sp³-hybridized carbons (Fsp3) is 0.310. The molecule has 0 aliphatic carbocycles. The fourth-order valence-corrected chi connectivity index (χ4v) is 5.46.